The van der Waals surface area contributed by atoms with Crippen LogP contribution in [0.2, 0.25) is 0 Å². The molecule has 3 rings (SSSR count). The van der Waals surface area contributed by atoms with Crippen molar-refractivity contribution in [1.82, 2.24) is 0 Å². The Balaban J connectivity index is 1.93. The molecule has 0 nitrogen and oxygen atoms in total. The van der Waals surface area contributed by atoms with Crippen molar-refractivity contribution in [1.29, 1.82) is 0 Å². The monoisotopic (exact) mass is 350 g/mol. The smallest absolute Gasteiger partial charge is 0.202 e. The summed E-state index contributed by atoms with van der Waals surface area (Å²) in [5.74, 6) is 0.641. The van der Waals surface area contributed by atoms with Gasteiger partial charge in [0.1, 0.15) is 6.17 Å². The van der Waals surface area contributed by atoms with Gasteiger partial charge in [0, 0.05) is 10.9 Å². The van der Waals surface area contributed by atoms with Crippen LogP contribution in [0.4, 0.5) is 22.0 Å². The molecule has 0 aromatic heterocycles. The summed E-state index contributed by atoms with van der Waals surface area (Å²) in [7, 11) is 0. The molecule has 0 radical (unpaired) electrons. The van der Waals surface area contributed by atoms with Crippen LogP contribution < -0.4 is 0 Å². The third-order valence-corrected chi connectivity index (χ3v) is 4.61. The Hall–Kier alpha value is -2.35. The summed E-state index contributed by atoms with van der Waals surface area (Å²) in [4.78, 5) is 0. The number of hydrogen-bond donors (Lipinski definition) is 0. The van der Waals surface area contributed by atoms with E-state index in [2.05, 4.69) is 18.4 Å². The van der Waals surface area contributed by atoms with Gasteiger partial charge in [0.15, 0.2) is 17.5 Å². The van der Waals surface area contributed by atoms with Crippen molar-refractivity contribution in [2.75, 3.05) is 0 Å². The second-order valence-electron chi connectivity index (χ2n) is 6.27. The Kier molecular flexibility index (Phi) is 4.55. The molecule has 3 atom stereocenters. The van der Waals surface area contributed by atoms with Gasteiger partial charge in [-0.05, 0) is 48.8 Å². The number of halogens is 5. The number of benzene rings is 2. The highest BCUT2D eigenvalue weighted by atomic mass is 19.2. The molecule has 0 N–H and O–H groups in total. The lowest BCUT2D eigenvalue weighted by Crippen LogP contribution is -2.39. The maximum Gasteiger partial charge on any atom is 0.202 e. The van der Waals surface area contributed by atoms with Gasteiger partial charge in [0.05, 0.1) is 0 Å². The summed E-state index contributed by atoms with van der Waals surface area (Å²) in [5.41, 5.74) is -1.98. The molecule has 0 spiro atoms. The maximum atomic E-state index is 14.7. The summed E-state index contributed by atoms with van der Waals surface area (Å²) < 4.78 is 69.1. The first-order chi connectivity index (χ1) is 11.8. The number of allylic oxidation sites excluding steroid dienone is 1. The van der Waals surface area contributed by atoms with Gasteiger partial charge in [-0.3, -0.25) is 0 Å². The molecule has 0 aliphatic heterocycles. The minimum absolute atomic E-state index is 0.0299. The Morgan fingerprint density at radius 2 is 1.92 bits per heavy atom. The van der Waals surface area contributed by atoms with Gasteiger partial charge in [-0.1, -0.05) is 24.0 Å². The summed E-state index contributed by atoms with van der Waals surface area (Å²) >= 11 is 0. The zero-order valence-electron chi connectivity index (χ0n) is 13.3. The van der Waals surface area contributed by atoms with Crippen LogP contribution in [0.3, 0.4) is 0 Å². The third kappa shape index (κ3) is 3.26. The molecule has 0 amide bonds. The Bertz CT molecular complexity index is 892. The van der Waals surface area contributed by atoms with Crippen LogP contribution in [-0.4, -0.2) is 11.8 Å². The number of hydrogen-bond acceptors (Lipinski definition) is 0. The highest BCUT2D eigenvalue weighted by Gasteiger charge is 2.42. The second-order valence-corrected chi connectivity index (χ2v) is 6.27. The van der Waals surface area contributed by atoms with E-state index in [1.807, 2.05) is 0 Å². The van der Waals surface area contributed by atoms with E-state index in [0.717, 1.165) is 6.07 Å². The van der Waals surface area contributed by atoms with Crippen LogP contribution in [0.5, 0.6) is 0 Å². The van der Waals surface area contributed by atoms with Crippen LogP contribution in [-0.2, 0) is 0 Å². The molecule has 2 aromatic rings. The van der Waals surface area contributed by atoms with Crippen LogP contribution in [0.1, 0.15) is 24.8 Å². The standard InChI is InChI=1S/C20H15F5/c1-2-12-5-7-20(25,17(22)10-12)8-6-13-3-4-15-14(9-13)11-16(21)19(24)18(15)23/h2-4,9,11-12,17H,1,5,7,10H2. The van der Waals surface area contributed by atoms with E-state index in [9.17, 15) is 22.0 Å². The highest BCUT2D eigenvalue weighted by molar-refractivity contribution is 5.84. The van der Waals surface area contributed by atoms with E-state index >= 15 is 0 Å². The molecule has 2 aromatic carbocycles. The Morgan fingerprint density at radius 3 is 2.60 bits per heavy atom. The zero-order valence-corrected chi connectivity index (χ0v) is 13.3. The lowest BCUT2D eigenvalue weighted by Gasteiger charge is -2.32. The van der Waals surface area contributed by atoms with Gasteiger partial charge >= 0.3 is 0 Å². The largest absolute Gasteiger partial charge is 0.243 e. The summed E-state index contributed by atoms with van der Waals surface area (Å²) in [6.45, 7) is 3.60. The highest BCUT2D eigenvalue weighted by Crippen LogP contribution is 2.37. The molecule has 0 bridgehead atoms. The first-order valence-corrected chi connectivity index (χ1v) is 7.90. The van der Waals surface area contributed by atoms with Crippen molar-refractivity contribution in [2.24, 2.45) is 5.92 Å². The van der Waals surface area contributed by atoms with Crippen LogP contribution in [0, 0.1) is 35.2 Å². The molecular weight excluding hydrogens is 335 g/mol. The fourth-order valence-corrected chi connectivity index (χ4v) is 3.04. The number of rotatable bonds is 1. The zero-order chi connectivity index (χ0) is 18.2. The van der Waals surface area contributed by atoms with Gasteiger partial charge < -0.3 is 0 Å². The quantitative estimate of drug-likeness (QED) is 0.270. The first kappa shape index (κ1) is 17.5. The van der Waals surface area contributed by atoms with Crippen molar-refractivity contribution in [3.05, 3.63) is 59.9 Å². The van der Waals surface area contributed by atoms with E-state index in [4.69, 9.17) is 0 Å². The van der Waals surface area contributed by atoms with Crippen LogP contribution in [0.25, 0.3) is 10.8 Å². The molecule has 25 heavy (non-hydrogen) atoms. The van der Waals surface area contributed by atoms with E-state index in [1.165, 1.54) is 18.2 Å². The minimum Gasteiger partial charge on any atom is -0.243 e. The van der Waals surface area contributed by atoms with E-state index in [0.29, 0.717) is 6.42 Å². The van der Waals surface area contributed by atoms with E-state index < -0.39 is 29.3 Å². The molecule has 5 heteroatoms. The predicted molar refractivity (Wildman–Crippen MR) is 87.0 cm³/mol. The van der Waals surface area contributed by atoms with Gasteiger partial charge in [0.25, 0.3) is 0 Å². The fourth-order valence-electron chi connectivity index (χ4n) is 3.04. The molecule has 0 saturated heterocycles. The summed E-state index contributed by atoms with van der Waals surface area (Å²) in [6, 6.07) is 4.77. The molecule has 1 saturated carbocycles. The maximum absolute atomic E-state index is 14.7. The molecular formula is C20H15F5. The topological polar surface area (TPSA) is 0 Å². The molecule has 1 aliphatic carbocycles. The van der Waals surface area contributed by atoms with Gasteiger partial charge in [-0.25, -0.2) is 22.0 Å². The minimum atomic E-state index is -2.26. The Labute approximate surface area is 142 Å². The Morgan fingerprint density at radius 1 is 1.16 bits per heavy atom. The summed E-state index contributed by atoms with van der Waals surface area (Å²) in [5, 5.41) is -0.00227. The van der Waals surface area contributed by atoms with E-state index in [1.54, 1.807) is 6.08 Å². The van der Waals surface area contributed by atoms with Crippen molar-refractivity contribution in [3.63, 3.8) is 0 Å². The first-order valence-electron chi connectivity index (χ1n) is 7.90. The van der Waals surface area contributed by atoms with Gasteiger partial charge in [-0.2, -0.15) is 0 Å². The number of alkyl halides is 2. The normalized spacial score (nSPS) is 26.1. The number of fused-ring (bicyclic) bond motifs is 1. The van der Waals surface area contributed by atoms with Crippen molar-refractivity contribution >= 4 is 10.8 Å². The molecule has 130 valence electrons. The lowest BCUT2D eigenvalue weighted by molar-refractivity contribution is 0.0478. The second kappa shape index (κ2) is 6.51. The molecule has 3 unspecified atom stereocenters. The third-order valence-electron chi connectivity index (χ3n) is 4.61. The molecule has 1 fully saturated rings. The van der Waals surface area contributed by atoms with E-state index in [-0.39, 0.29) is 35.1 Å². The van der Waals surface area contributed by atoms with Crippen molar-refractivity contribution < 1.29 is 22.0 Å². The SMILES string of the molecule is C=CC1CCC(F)(C#Cc2ccc3c(F)c(F)c(F)cc3c2)C(F)C1. The van der Waals surface area contributed by atoms with Gasteiger partial charge in [-0.15, -0.1) is 6.58 Å². The average Bonchev–Trinajstić information content (AvgIpc) is 2.60. The lowest BCUT2D eigenvalue weighted by atomic mass is 9.79. The fraction of sp³-hybridized carbons (Fsp3) is 0.300. The van der Waals surface area contributed by atoms with Crippen LogP contribution in [0.15, 0.2) is 36.9 Å². The summed E-state index contributed by atoms with van der Waals surface area (Å²) in [6.07, 6.45) is 0.344. The van der Waals surface area contributed by atoms with Crippen molar-refractivity contribution in [3.8, 4) is 11.8 Å². The molecule has 1 aliphatic rings. The predicted octanol–water partition coefficient (Wildman–Crippen LogP) is 5.64. The average molecular weight is 350 g/mol. The molecule has 0 heterocycles. The van der Waals surface area contributed by atoms with Gasteiger partial charge in [0.2, 0.25) is 5.67 Å². The van der Waals surface area contributed by atoms with Crippen LogP contribution >= 0.6 is 0 Å². The van der Waals surface area contributed by atoms with Crippen molar-refractivity contribution in [2.45, 2.75) is 31.1 Å².